The minimum Gasteiger partial charge on any atom is -0.344 e. The average Bonchev–Trinajstić information content (AvgIpc) is 2.72. The molecule has 0 aromatic carbocycles. The first-order chi connectivity index (χ1) is 9.15. The summed E-state index contributed by atoms with van der Waals surface area (Å²) < 4.78 is 0. The lowest BCUT2D eigenvalue weighted by Crippen LogP contribution is -2.40. The van der Waals surface area contributed by atoms with Gasteiger partial charge < -0.3 is 5.32 Å². The van der Waals surface area contributed by atoms with E-state index in [9.17, 15) is 9.59 Å². The molecule has 0 radical (unpaired) electrons. The predicted molar refractivity (Wildman–Crippen MR) is 70.2 cm³/mol. The molecule has 0 saturated carbocycles. The molecule has 0 fully saturated rings. The summed E-state index contributed by atoms with van der Waals surface area (Å²) in [6.45, 7) is 1.71. The number of carbonyl (C=O) groups is 2. The van der Waals surface area contributed by atoms with Crippen LogP contribution in [-0.2, 0) is 9.59 Å². The molecule has 6 nitrogen and oxygen atoms in total. The number of hydrazone groups is 1. The van der Waals surface area contributed by atoms with E-state index in [1.807, 2.05) is 0 Å². The van der Waals surface area contributed by atoms with Crippen molar-refractivity contribution in [1.82, 2.24) is 10.3 Å². The predicted octanol–water partition coefficient (Wildman–Crippen LogP) is 0.170. The van der Waals surface area contributed by atoms with Crippen LogP contribution in [0.4, 0.5) is 5.82 Å². The number of pyridine rings is 1. The zero-order chi connectivity index (χ0) is 13.8. The van der Waals surface area contributed by atoms with Crippen LogP contribution in [0, 0.1) is 18.3 Å². The van der Waals surface area contributed by atoms with Gasteiger partial charge in [0.15, 0.2) is 11.7 Å². The van der Waals surface area contributed by atoms with E-state index in [1.165, 1.54) is 0 Å². The van der Waals surface area contributed by atoms with Crippen molar-refractivity contribution in [2.75, 3.05) is 11.6 Å². The van der Waals surface area contributed by atoms with Gasteiger partial charge in [-0.05, 0) is 19.1 Å². The summed E-state index contributed by atoms with van der Waals surface area (Å²) in [6.07, 6.45) is 6.62. The van der Waals surface area contributed by atoms with Gasteiger partial charge in [0.1, 0.15) is 0 Å². The Morgan fingerprint density at radius 1 is 1.58 bits per heavy atom. The van der Waals surface area contributed by atoms with Crippen molar-refractivity contribution in [2.45, 2.75) is 6.92 Å². The van der Waals surface area contributed by atoms with Crippen LogP contribution in [0.5, 0.6) is 0 Å². The number of aromatic nitrogens is 1. The minimum absolute atomic E-state index is 0.0828. The molecule has 1 atom stereocenters. The number of hydrogen-bond acceptors (Lipinski definition) is 4. The first-order valence-corrected chi connectivity index (χ1v) is 5.66. The molecule has 1 N–H and O–H groups in total. The van der Waals surface area contributed by atoms with Crippen molar-refractivity contribution in [3.63, 3.8) is 0 Å². The molecule has 2 heterocycles. The van der Waals surface area contributed by atoms with Crippen molar-refractivity contribution in [3.05, 3.63) is 24.4 Å². The summed E-state index contributed by atoms with van der Waals surface area (Å²) >= 11 is 0. The quantitative estimate of drug-likeness (QED) is 0.618. The molecule has 96 valence electrons. The second-order valence-corrected chi connectivity index (χ2v) is 3.93. The SMILES string of the molecule is C#CCNC(=O)C1C(=O)N(c2ccccn2)N=C1C. The Hall–Kier alpha value is -2.68. The van der Waals surface area contributed by atoms with E-state index in [0.717, 1.165) is 5.01 Å². The molecular formula is C13H12N4O2. The third kappa shape index (κ3) is 2.45. The summed E-state index contributed by atoms with van der Waals surface area (Å²) in [5, 5.41) is 7.69. The molecule has 2 rings (SSSR count). The van der Waals surface area contributed by atoms with Crippen molar-refractivity contribution >= 4 is 23.3 Å². The molecule has 0 bridgehead atoms. The van der Waals surface area contributed by atoms with E-state index < -0.39 is 17.7 Å². The van der Waals surface area contributed by atoms with Crippen LogP contribution in [0.3, 0.4) is 0 Å². The summed E-state index contributed by atoms with van der Waals surface area (Å²) in [5.74, 6) is 0.872. The lowest BCUT2D eigenvalue weighted by molar-refractivity contribution is -0.130. The normalized spacial score (nSPS) is 17.9. The minimum atomic E-state index is -0.935. The van der Waals surface area contributed by atoms with E-state index in [-0.39, 0.29) is 6.54 Å². The monoisotopic (exact) mass is 256 g/mol. The molecule has 1 aliphatic heterocycles. The topological polar surface area (TPSA) is 74.7 Å². The first kappa shape index (κ1) is 12.8. The zero-order valence-corrected chi connectivity index (χ0v) is 10.3. The second kappa shape index (κ2) is 5.31. The molecule has 19 heavy (non-hydrogen) atoms. The number of carbonyl (C=O) groups excluding carboxylic acids is 2. The summed E-state index contributed by atoms with van der Waals surface area (Å²) in [7, 11) is 0. The van der Waals surface area contributed by atoms with Gasteiger partial charge in [-0.15, -0.1) is 6.42 Å². The van der Waals surface area contributed by atoms with Crippen LogP contribution in [0.1, 0.15) is 6.92 Å². The number of anilines is 1. The maximum absolute atomic E-state index is 12.2. The number of terminal acetylenes is 1. The second-order valence-electron chi connectivity index (χ2n) is 3.93. The molecule has 0 aliphatic carbocycles. The Morgan fingerprint density at radius 2 is 2.37 bits per heavy atom. The Kier molecular flexibility index (Phi) is 3.57. The summed E-state index contributed by atoms with van der Waals surface area (Å²) in [6, 6.07) is 5.13. The Morgan fingerprint density at radius 3 is 3.00 bits per heavy atom. The van der Waals surface area contributed by atoms with Gasteiger partial charge in [-0.25, -0.2) is 4.98 Å². The highest BCUT2D eigenvalue weighted by Crippen LogP contribution is 2.21. The van der Waals surface area contributed by atoms with Crippen molar-refractivity contribution in [2.24, 2.45) is 11.0 Å². The van der Waals surface area contributed by atoms with E-state index >= 15 is 0 Å². The van der Waals surface area contributed by atoms with Gasteiger partial charge in [-0.2, -0.15) is 10.1 Å². The fourth-order valence-electron chi connectivity index (χ4n) is 1.75. The summed E-state index contributed by atoms with van der Waals surface area (Å²) in [5.41, 5.74) is 0.421. The van der Waals surface area contributed by atoms with Crippen LogP contribution < -0.4 is 10.3 Å². The number of nitrogens with zero attached hydrogens (tertiary/aromatic N) is 3. The third-order valence-corrected chi connectivity index (χ3v) is 2.62. The highest BCUT2D eigenvalue weighted by molar-refractivity contribution is 6.26. The molecule has 1 aromatic heterocycles. The number of hydrogen-bond donors (Lipinski definition) is 1. The van der Waals surface area contributed by atoms with Crippen LogP contribution in [0.25, 0.3) is 0 Å². The van der Waals surface area contributed by atoms with Crippen molar-refractivity contribution in [1.29, 1.82) is 0 Å². The number of rotatable bonds is 3. The molecule has 0 spiro atoms. The van der Waals surface area contributed by atoms with Gasteiger partial charge in [0, 0.05) is 6.20 Å². The van der Waals surface area contributed by atoms with Gasteiger partial charge in [0.25, 0.3) is 5.91 Å². The number of amides is 2. The van der Waals surface area contributed by atoms with Crippen LogP contribution in [0.15, 0.2) is 29.5 Å². The standard InChI is InChI=1S/C13H12N4O2/c1-3-7-15-12(18)11-9(2)16-17(13(11)19)10-6-4-5-8-14-10/h1,4-6,8,11H,7H2,2H3,(H,15,18). The molecule has 2 amide bonds. The molecule has 0 saturated heterocycles. The molecule has 1 aliphatic rings. The average molecular weight is 256 g/mol. The Balaban J connectivity index is 2.20. The highest BCUT2D eigenvalue weighted by Gasteiger charge is 2.39. The lowest BCUT2D eigenvalue weighted by Gasteiger charge is -2.12. The van der Waals surface area contributed by atoms with Gasteiger partial charge in [-0.3, -0.25) is 9.59 Å². The largest absolute Gasteiger partial charge is 0.344 e. The van der Waals surface area contributed by atoms with Gasteiger partial charge >= 0.3 is 0 Å². The van der Waals surface area contributed by atoms with E-state index in [1.54, 1.807) is 31.3 Å². The Labute approximate surface area is 110 Å². The number of nitrogens with one attached hydrogen (secondary N) is 1. The van der Waals surface area contributed by atoms with Crippen LogP contribution in [-0.4, -0.2) is 29.1 Å². The fraction of sp³-hybridized carbons (Fsp3) is 0.231. The van der Waals surface area contributed by atoms with Gasteiger partial charge in [0.2, 0.25) is 5.91 Å². The molecular weight excluding hydrogens is 244 g/mol. The molecule has 6 heteroatoms. The summed E-state index contributed by atoms with van der Waals surface area (Å²) in [4.78, 5) is 28.1. The van der Waals surface area contributed by atoms with Crippen molar-refractivity contribution in [3.8, 4) is 12.3 Å². The molecule has 1 aromatic rings. The third-order valence-electron chi connectivity index (χ3n) is 2.62. The zero-order valence-electron chi connectivity index (χ0n) is 10.3. The highest BCUT2D eigenvalue weighted by atomic mass is 16.2. The van der Waals surface area contributed by atoms with E-state index in [0.29, 0.717) is 11.5 Å². The van der Waals surface area contributed by atoms with Gasteiger partial charge in [-0.1, -0.05) is 12.0 Å². The maximum Gasteiger partial charge on any atom is 0.267 e. The maximum atomic E-state index is 12.2. The fourth-order valence-corrected chi connectivity index (χ4v) is 1.75. The van der Waals surface area contributed by atoms with Crippen molar-refractivity contribution < 1.29 is 9.59 Å². The van der Waals surface area contributed by atoms with E-state index in [2.05, 4.69) is 21.3 Å². The first-order valence-electron chi connectivity index (χ1n) is 5.66. The Bertz CT molecular complexity index is 574. The van der Waals surface area contributed by atoms with Crippen LogP contribution >= 0.6 is 0 Å². The van der Waals surface area contributed by atoms with Crippen LogP contribution in [0.2, 0.25) is 0 Å². The van der Waals surface area contributed by atoms with Gasteiger partial charge in [0.05, 0.1) is 12.3 Å². The lowest BCUT2D eigenvalue weighted by atomic mass is 10.0. The smallest absolute Gasteiger partial charge is 0.267 e. The molecule has 1 unspecified atom stereocenters. The van der Waals surface area contributed by atoms with E-state index in [4.69, 9.17) is 6.42 Å².